The van der Waals surface area contributed by atoms with Gasteiger partial charge >= 0.3 is 0 Å². The second-order valence-corrected chi connectivity index (χ2v) is 7.79. The molecule has 2 nitrogen and oxygen atoms in total. The Morgan fingerprint density at radius 1 is 0.870 bits per heavy atom. The van der Waals surface area contributed by atoms with Crippen LogP contribution in [-0.4, -0.2) is 42.5 Å². The molecular weight excluding hydrogens is 280 g/mol. The zero-order chi connectivity index (χ0) is 15.6. The molecule has 2 heteroatoms. The fraction of sp³-hybridized carbons (Fsp3) is 0.619. The molecule has 2 bridgehead atoms. The summed E-state index contributed by atoms with van der Waals surface area (Å²) in [6, 6.07) is 9.20. The first kappa shape index (κ1) is 15.4. The topological polar surface area (TPSA) is 6.48 Å². The van der Waals surface area contributed by atoms with E-state index in [0.717, 1.165) is 30.7 Å². The minimum absolute atomic E-state index is 0.898. The van der Waals surface area contributed by atoms with Crippen LogP contribution in [0.15, 0.2) is 36.4 Å². The molecule has 0 unspecified atom stereocenters. The monoisotopic (exact) mass is 310 g/mol. The fourth-order valence-electron chi connectivity index (χ4n) is 4.70. The van der Waals surface area contributed by atoms with E-state index >= 15 is 0 Å². The van der Waals surface area contributed by atoms with E-state index in [1.165, 1.54) is 56.7 Å². The summed E-state index contributed by atoms with van der Waals surface area (Å²) in [4.78, 5) is 5.34. The Balaban J connectivity index is 1.23. The molecule has 0 N–H and O–H groups in total. The first-order valence-corrected chi connectivity index (χ1v) is 9.51. The van der Waals surface area contributed by atoms with Crippen LogP contribution in [0.2, 0.25) is 0 Å². The van der Waals surface area contributed by atoms with Crippen LogP contribution in [0, 0.1) is 17.8 Å². The van der Waals surface area contributed by atoms with Gasteiger partial charge in [-0.25, -0.2) is 0 Å². The third kappa shape index (κ3) is 3.54. The van der Waals surface area contributed by atoms with Gasteiger partial charge in [0.1, 0.15) is 0 Å². The van der Waals surface area contributed by atoms with Crippen LogP contribution >= 0.6 is 0 Å². The average molecular weight is 310 g/mol. The number of fused-ring (bicyclic) bond motifs is 2. The maximum absolute atomic E-state index is 2.72. The third-order valence-corrected chi connectivity index (χ3v) is 6.21. The molecule has 0 amide bonds. The maximum Gasteiger partial charge on any atom is 0.0234 e. The summed E-state index contributed by atoms with van der Waals surface area (Å²) in [5.74, 6) is 2.76. The molecule has 2 fully saturated rings. The van der Waals surface area contributed by atoms with Gasteiger partial charge in [0.15, 0.2) is 0 Å². The van der Waals surface area contributed by atoms with Gasteiger partial charge in [-0.1, -0.05) is 43.3 Å². The highest BCUT2D eigenvalue weighted by Gasteiger charge is 2.36. The van der Waals surface area contributed by atoms with Crippen molar-refractivity contribution in [2.75, 3.05) is 32.7 Å². The predicted molar refractivity (Wildman–Crippen MR) is 96.4 cm³/mol. The average Bonchev–Trinajstić information content (AvgIpc) is 3.20. The molecule has 23 heavy (non-hydrogen) atoms. The van der Waals surface area contributed by atoms with Crippen molar-refractivity contribution in [3.8, 4) is 0 Å². The van der Waals surface area contributed by atoms with E-state index in [2.05, 4.69) is 53.1 Å². The normalized spacial score (nSPS) is 31.1. The fourth-order valence-corrected chi connectivity index (χ4v) is 4.70. The van der Waals surface area contributed by atoms with E-state index in [1.807, 2.05) is 0 Å². The molecule has 1 aliphatic heterocycles. The Bertz CT molecular complexity index is 539. The van der Waals surface area contributed by atoms with Gasteiger partial charge in [0.25, 0.3) is 0 Å². The molecule has 3 atom stereocenters. The molecule has 2 aliphatic carbocycles. The van der Waals surface area contributed by atoms with Gasteiger partial charge in [-0.05, 0) is 48.1 Å². The molecule has 1 aromatic carbocycles. The van der Waals surface area contributed by atoms with Gasteiger partial charge in [-0.3, -0.25) is 4.90 Å². The van der Waals surface area contributed by atoms with E-state index in [0.29, 0.717) is 0 Å². The molecule has 0 spiro atoms. The Labute approximate surface area is 141 Å². The van der Waals surface area contributed by atoms with Gasteiger partial charge in [0, 0.05) is 39.3 Å². The molecule has 124 valence electrons. The molecule has 0 aromatic heterocycles. The number of rotatable bonds is 5. The molecule has 1 saturated carbocycles. The number of allylic oxidation sites excluding steroid dienone is 2. The van der Waals surface area contributed by atoms with E-state index in [4.69, 9.17) is 0 Å². The first-order chi connectivity index (χ1) is 11.3. The van der Waals surface area contributed by atoms with Crippen LogP contribution in [0.4, 0.5) is 0 Å². The summed E-state index contributed by atoms with van der Waals surface area (Å²) in [6.45, 7) is 9.65. The molecule has 1 aromatic rings. The van der Waals surface area contributed by atoms with Gasteiger partial charge in [0.2, 0.25) is 0 Å². The quantitative estimate of drug-likeness (QED) is 0.767. The van der Waals surface area contributed by atoms with Crippen LogP contribution in [0.25, 0.3) is 0 Å². The summed E-state index contributed by atoms with van der Waals surface area (Å²) in [5, 5.41) is 0. The van der Waals surface area contributed by atoms with Gasteiger partial charge < -0.3 is 4.90 Å². The van der Waals surface area contributed by atoms with Crippen molar-refractivity contribution in [1.82, 2.24) is 9.80 Å². The summed E-state index contributed by atoms with van der Waals surface area (Å²) < 4.78 is 0. The highest BCUT2D eigenvalue weighted by Crippen LogP contribution is 2.43. The highest BCUT2D eigenvalue weighted by atomic mass is 15.3. The van der Waals surface area contributed by atoms with Gasteiger partial charge in [-0.2, -0.15) is 0 Å². The minimum Gasteiger partial charge on any atom is -0.300 e. The van der Waals surface area contributed by atoms with Crippen molar-refractivity contribution < 1.29 is 0 Å². The molecule has 1 saturated heterocycles. The number of hydrogen-bond donors (Lipinski definition) is 0. The van der Waals surface area contributed by atoms with E-state index in [-0.39, 0.29) is 0 Å². The van der Waals surface area contributed by atoms with E-state index in [9.17, 15) is 0 Å². The maximum atomic E-state index is 2.72. The van der Waals surface area contributed by atoms with Crippen LogP contribution < -0.4 is 0 Å². The number of hydrogen-bond acceptors (Lipinski definition) is 2. The Morgan fingerprint density at radius 3 is 2.17 bits per heavy atom. The zero-order valence-electron chi connectivity index (χ0n) is 14.5. The lowest BCUT2D eigenvalue weighted by atomic mass is 9.93. The predicted octanol–water partition coefficient (Wildman–Crippen LogP) is 3.58. The van der Waals surface area contributed by atoms with Crippen molar-refractivity contribution in [1.29, 1.82) is 0 Å². The van der Waals surface area contributed by atoms with Crippen LogP contribution in [0.1, 0.15) is 30.9 Å². The zero-order valence-corrected chi connectivity index (χ0v) is 14.5. The van der Waals surface area contributed by atoms with Crippen LogP contribution in [0.3, 0.4) is 0 Å². The van der Waals surface area contributed by atoms with Gasteiger partial charge in [0.05, 0.1) is 0 Å². The molecule has 4 rings (SSSR count). The van der Waals surface area contributed by atoms with E-state index in [1.54, 1.807) is 0 Å². The summed E-state index contributed by atoms with van der Waals surface area (Å²) in [7, 11) is 0. The number of aryl methyl sites for hydroxylation is 1. The van der Waals surface area contributed by atoms with Crippen molar-refractivity contribution >= 4 is 0 Å². The second-order valence-electron chi connectivity index (χ2n) is 7.79. The largest absolute Gasteiger partial charge is 0.300 e. The summed E-state index contributed by atoms with van der Waals surface area (Å²) in [6.07, 6.45) is 8.98. The van der Waals surface area contributed by atoms with Crippen LogP contribution in [0.5, 0.6) is 0 Å². The molecule has 3 aliphatic rings. The SMILES string of the molecule is CCc1ccc(CN2CCN(C[C@H]3C[C@H]4C=C[C@H]3C4)CC2)cc1. The Kier molecular flexibility index (Phi) is 4.54. The van der Waals surface area contributed by atoms with E-state index < -0.39 is 0 Å². The lowest BCUT2D eigenvalue weighted by Gasteiger charge is -2.37. The molecule has 1 heterocycles. The van der Waals surface area contributed by atoms with Crippen molar-refractivity contribution in [2.45, 2.75) is 32.7 Å². The van der Waals surface area contributed by atoms with Gasteiger partial charge in [-0.15, -0.1) is 0 Å². The standard InChI is InChI=1S/C21H30N2/c1-2-17-3-5-18(6-4-17)15-22-9-11-23(12-10-22)16-21-14-19-7-8-20(21)13-19/h3-8,19-21H,2,9-16H2,1H3/t19-,20-,21+/m0/s1. The number of nitrogens with zero attached hydrogens (tertiary/aromatic N) is 2. The lowest BCUT2D eigenvalue weighted by molar-refractivity contribution is 0.108. The highest BCUT2D eigenvalue weighted by molar-refractivity contribution is 5.22. The number of piperazine rings is 1. The Hall–Kier alpha value is -1.12. The summed E-state index contributed by atoms with van der Waals surface area (Å²) in [5.41, 5.74) is 2.91. The van der Waals surface area contributed by atoms with Crippen molar-refractivity contribution in [3.05, 3.63) is 47.5 Å². The molecular formula is C21H30N2. The summed E-state index contributed by atoms with van der Waals surface area (Å²) >= 11 is 0. The minimum atomic E-state index is 0.898. The van der Waals surface area contributed by atoms with Crippen molar-refractivity contribution in [3.63, 3.8) is 0 Å². The smallest absolute Gasteiger partial charge is 0.0234 e. The first-order valence-electron chi connectivity index (χ1n) is 9.51. The van der Waals surface area contributed by atoms with Crippen LogP contribution in [-0.2, 0) is 13.0 Å². The van der Waals surface area contributed by atoms with Crippen molar-refractivity contribution in [2.24, 2.45) is 17.8 Å². The number of benzene rings is 1. The second kappa shape index (κ2) is 6.78. The third-order valence-electron chi connectivity index (χ3n) is 6.21. The molecule has 0 radical (unpaired) electrons. The lowest BCUT2D eigenvalue weighted by Crippen LogP contribution is -2.47. The Morgan fingerprint density at radius 2 is 1.57 bits per heavy atom.